The van der Waals surface area contributed by atoms with Crippen LogP contribution in [0.1, 0.15) is 23.2 Å². The number of hydrogen-bond acceptors (Lipinski definition) is 3. The molecular formula is C11H11N3O2. The number of carboxylic acid groups (broad SMARTS) is 1. The summed E-state index contributed by atoms with van der Waals surface area (Å²) in [6, 6.07) is 0. The van der Waals surface area contributed by atoms with Gasteiger partial charge >= 0.3 is 5.97 Å². The standard InChI is InChI=1S/C11H11N3O2/c1-11(12-2)4-3-9-13-7-8(10(15)16)14(9)6-5-11/h3-7H,2H2,1H3,(H,15,16). The van der Waals surface area contributed by atoms with E-state index in [4.69, 9.17) is 5.11 Å². The Labute approximate surface area is 92.5 Å². The molecule has 0 spiro atoms. The molecule has 0 aromatic carbocycles. The summed E-state index contributed by atoms with van der Waals surface area (Å²) in [4.78, 5) is 18.9. The lowest BCUT2D eigenvalue weighted by Crippen LogP contribution is -2.13. The fraction of sp³-hybridized carbons (Fsp3) is 0.182. The highest BCUT2D eigenvalue weighted by molar-refractivity contribution is 5.87. The van der Waals surface area contributed by atoms with Crippen molar-refractivity contribution in [3.8, 4) is 0 Å². The molecule has 1 aromatic heterocycles. The van der Waals surface area contributed by atoms with Crippen molar-refractivity contribution in [3.63, 3.8) is 0 Å². The van der Waals surface area contributed by atoms with Crippen LogP contribution in [-0.2, 0) is 0 Å². The molecule has 0 saturated heterocycles. The Morgan fingerprint density at radius 3 is 3.00 bits per heavy atom. The van der Waals surface area contributed by atoms with Crippen LogP contribution in [0.2, 0.25) is 0 Å². The number of imidazole rings is 1. The first-order chi connectivity index (χ1) is 7.56. The van der Waals surface area contributed by atoms with Gasteiger partial charge in [0.2, 0.25) is 0 Å². The lowest BCUT2D eigenvalue weighted by Gasteiger charge is -2.13. The maximum Gasteiger partial charge on any atom is 0.354 e. The molecule has 5 heteroatoms. The first-order valence-electron chi connectivity index (χ1n) is 4.73. The second-order valence-electron chi connectivity index (χ2n) is 3.71. The molecule has 1 unspecified atom stereocenters. The van der Waals surface area contributed by atoms with Gasteiger partial charge < -0.3 is 5.11 Å². The van der Waals surface area contributed by atoms with Gasteiger partial charge in [-0.05, 0) is 31.9 Å². The van der Waals surface area contributed by atoms with E-state index in [9.17, 15) is 4.79 Å². The Kier molecular flexibility index (Phi) is 2.23. The fourth-order valence-corrected chi connectivity index (χ4v) is 1.44. The average molecular weight is 217 g/mol. The van der Waals surface area contributed by atoms with Crippen LogP contribution in [0, 0.1) is 0 Å². The largest absolute Gasteiger partial charge is 0.477 e. The molecule has 2 heterocycles. The molecule has 0 radical (unpaired) electrons. The Balaban J connectivity index is 2.54. The molecule has 2 rings (SSSR count). The van der Waals surface area contributed by atoms with E-state index in [2.05, 4.69) is 16.7 Å². The zero-order chi connectivity index (χ0) is 11.8. The third-order valence-electron chi connectivity index (χ3n) is 2.52. The van der Waals surface area contributed by atoms with Crippen molar-refractivity contribution in [2.24, 2.45) is 4.99 Å². The molecule has 1 atom stereocenters. The molecule has 0 aliphatic carbocycles. The summed E-state index contributed by atoms with van der Waals surface area (Å²) in [6.45, 7) is 5.38. The van der Waals surface area contributed by atoms with E-state index in [1.807, 2.05) is 13.0 Å². The van der Waals surface area contributed by atoms with Gasteiger partial charge in [0.1, 0.15) is 5.82 Å². The molecule has 1 aromatic rings. The van der Waals surface area contributed by atoms with Gasteiger partial charge in [-0.15, -0.1) is 0 Å². The predicted molar refractivity (Wildman–Crippen MR) is 61.5 cm³/mol. The van der Waals surface area contributed by atoms with Gasteiger partial charge in [0.15, 0.2) is 5.69 Å². The highest BCUT2D eigenvalue weighted by Crippen LogP contribution is 2.21. The summed E-state index contributed by atoms with van der Waals surface area (Å²) in [5, 5.41) is 8.95. The van der Waals surface area contributed by atoms with Crippen molar-refractivity contribution in [1.29, 1.82) is 0 Å². The summed E-state index contributed by atoms with van der Waals surface area (Å²) in [5.41, 5.74) is -0.388. The Morgan fingerprint density at radius 1 is 1.62 bits per heavy atom. The SMILES string of the molecule is C=NC1(C)C=Cc2ncc(C(=O)O)n2C=C1. The molecule has 82 valence electrons. The minimum atomic E-state index is -1.01. The number of nitrogens with zero attached hydrogens (tertiary/aromatic N) is 3. The van der Waals surface area contributed by atoms with Crippen LogP contribution in [0.5, 0.6) is 0 Å². The molecule has 1 N–H and O–H groups in total. The second-order valence-corrected chi connectivity index (χ2v) is 3.71. The number of carbonyl (C=O) groups is 1. The maximum absolute atomic E-state index is 10.9. The Hall–Kier alpha value is -2.17. The lowest BCUT2D eigenvalue weighted by atomic mass is 10.0. The number of fused-ring (bicyclic) bond motifs is 1. The van der Waals surface area contributed by atoms with Crippen molar-refractivity contribution in [2.75, 3.05) is 0 Å². The number of aliphatic imine (C=N–C) groups is 1. The van der Waals surface area contributed by atoms with Gasteiger partial charge in [0, 0.05) is 6.20 Å². The van der Waals surface area contributed by atoms with Gasteiger partial charge in [0.05, 0.1) is 11.7 Å². The summed E-state index contributed by atoms with van der Waals surface area (Å²) >= 11 is 0. The predicted octanol–water partition coefficient (Wildman–Crippen LogP) is 1.54. The monoisotopic (exact) mass is 217 g/mol. The van der Waals surface area contributed by atoms with Gasteiger partial charge in [-0.1, -0.05) is 0 Å². The van der Waals surface area contributed by atoms with E-state index in [0.717, 1.165) is 0 Å². The highest BCUT2D eigenvalue weighted by Gasteiger charge is 2.19. The minimum absolute atomic E-state index is 0.129. The summed E-state index contributed by atoms with van der Waals surface area (Å²) < 4.78 is 1.51. The quantitative estimate of drug-likeness (QED) is 0.764. The third kappa shape index (κ3) is 1.56. The van der Waals surface area contributed by atoms with E-state index in [0.29, 0.717) is 5.82 Å². The van der Waals surface area contributed by atoms with E-state index in [1.165, 1.54) is 10.8 Å². The number of aromatic carboxylic acids is 1. The van der Waals surface area contributed by atoms with E-state index >= 15 is 0 Å². The van der Waals surface area contributed by atoms with Crippen LogP contribution < -0.4 is 0 Å². The molecule has 16 heavy (non-hydrogen) atoms. The Bertz CT molecular complexity index is 513. The minimum Gasteiger partial charge on any atom is -0.477 e. The maximum atomic E-state index is 10.9. The van der Waals surface area contributed by atoms with Crippen molar-refractivity contribution in [2.45, 2.75) is 12.5 Å². The smallest absolute Gasteiger partial charge is 0.354 e. The number of hydrogen-bond donors (Lipinski definition) is 1. The fourth-order valence-electron chi connectivity index (χ4n) is 1.44. The van der Waals surface area contributed by atoms with Crippen molar-refractivity contribution >= 4 is 25.0 Å². The van der Waals surface area contributed by atoms with Crippen LogP contribution in [0.3, 0.4) is 0 Å². The van der Waals surface area contributed by atoms with Crippen molar-refractivity contribution < 1.29 is 9.90 Å². The van der Waals surface area contributed by atoms with Crippen LogP contribution >= 0.6 is 0 Å². The molecule has 1 aliphatic heterocycles. The first kappa shape index (κ1) is 10.4. The van der Waals surface area contributed by atoms with Crippen LogP contribution in [0.15, 0.2) is 23.3 Å². The normalized spacial score (nSPS) is 22.6. The topological polar surface area (TPSA) is 67.5 Å². The summed E-state index contributed by atoms with van der Waals surface area (Å²) in [7, 11) is 0. The second kappa shape index (κ2) is 3.44. The zero-order valence-electron chi connectivity index (χ0n) is 8.79. The first-order valence-corrected chi connectivity index (χ1v) is 4.73. The molecule has 0 fully saturated rings. The Morgan fingerprint density at radius 2 is 2.38 bits per heavy atom. The van der Waals surface area contributed by atoms with E-state index < -0.39 is 11.5 Å². The molecular weight excluding hydrogens is 206 g/mol. The summed E-state index contributed by atoms with van der Waals surface area (Å²) in [6.07, 6.45) is 8.33. The number of carboxylic acids is 1. The van der Waals surface area contributed by atoms with Crippen LogP contribution in [0.4, 0.5) is 0 Å². The van der Waals surface area contributed by atoms with Crippen LogP contribution in [-0.4, -0.2) is 32.9 Å². The molecule has 0 amide bonds. The molecule has 5 nitrogen and oxygen atoms in total. The van der Waals surface area contributed by atoms with Crippen molar-refractivity contribution in [1.82, 2.24) is 9.55 Å². The van der Waals surface area contributed by atoms with Gasteiger partial charge in [0.25, 0.3) is 0 Å². The van der Waals surface area contributed by atoms with Crippen molar-refractivity contribution in [3.05, 3.63) is 29.9 Å². The number of rotatable bonds is 2. The van der Waals surface area contributed by atoms with E-state index in [-0.39, 0.29) is 5.69 Å². The van der Waals surface area contributed by atoms with Crippen LogP contribution in [0.25, 0.3) is 12.3 Å². The third-order valence-corrected chi connectivity index (χ3v) is 2.52. The number of aromatic nitrogens is 2. The van der Waals surface area contributed by atoms with Gasteiger partial charge in [-0.3, -0.25) is 9.56 Å². The van der Waals surface area contributed by atoms with Gasteiger partial charge in [-0.25, -0.2) is 9.78 Å². The summed E-state index contributed by atoms with van der Waals surface area (Å²) in [5.74, 6) is -0.437. The zero-order valence-corrected chi connectivity index (χ0v) is 8.79. The highest BCUT2D eigenvalue weighted by atomic mass is 16.4. The van der Waals surface area contributed by atoms with E-state index in [1.54, 1.807) is 18.4 Å². The van der Waals surface area contributed by atoms with Gasteiger partial charge in [-0.2, -0.15) is 0 Å². The average Bonchev–Trinajstić information content (AvgIpc) is 2.60. The molecule has 0 bridgehead atoms. The lowest BCUT2D eigenvalue weighted by molar-refractivity contribution is 0.0688. The molecule has 0 saturated carbocycles. The molecule has 1 aliphatic rings.